The molecule has 0 amide bonds. The number of phenolic OH excluding ortho intramolecular Hbond substituents is 1. The maximum absolute atomic E-state index is 9.51. The van der Waals surface area contributed by atoms with Crippen molar-refractivity contribution in [1.82, 2.24) is 0 Å². The third-order valence-electron chi connectivity index (χ3n) is 1.74. The van der Waals surface area contributed by atoms with Gasteiger partial charge in [-0.15, -0.1) is 12.4 Å². The van der Waals surface area contributed by atoms with Crippen molar-refractivity contribution in [3.8, 4) is 5.75 Å². The van der Waals surface area contributed by atoms with Gasteiger partial charge in [-0.1, -0.05) is 34.8 Å². The summed E-state index contributed by atoms with van der Waals surface area (Å²) in [6, 6.07) is 1.30. The molecule has 4 N–H and O–H groups in total. The average Bonchev–Trinajstić information content (AvgIpc) is 2.15. The van der Waals surface area contributed by atoms with Crippen molar-refractivity contribution in [2.75, 3.05) is 6.54 Å². The molecule has 1 rings (SSSR count). The van der Waals surface area contributed by atoms with Crippen LogP contribution in [0, 0.1) is 0 Å². The summed E-state index contributed by atoms with van der Waals surface area (Å²) in [4.78, 5) is 0. The molecule has 1 aromatic carbocycles. The van der Waals surface area contributed by atoms with Crippen LogP contribution in [0.15, 0.2) is 6.07 Å². The van der Waals surface area contributed by atoms with Crippen molar-refractivity contribution < 1.29 is 10.2 Å². The summed E-state index contributed by atoms with van der Waals surface area (Å²) in [5.74, 6) is -0.293. The molecule has 0 spiro atoms. The Hall–Kier alpha value is 0.1000. The first-order valence-corrected chi connectivity index (χ1v) is 4.87. The number of aliphatic hydroxyl groups excluding tert-OH is 1. The smallest absolute Gasteiger partial charge is 0.141 e. The molecule has 0 fully saturated rings. The Morgan fingerprint density at radius 1 is 1.27 bits per heavy atom. The molecule has 0 aromatic heterocycles. The molecule has 15 heavy (non-hydrogen) atoms. The first-order chi connectivity index (χ1) is 6.49. The second-order valence-electron chi connectivity index (χ2n) is 2.67. The number of nitrogens with two attached hydrogens (primary N) is 1. The van der Waals surface area contributed by atoms with Crippen LogP contribution in [0.1, 0.15) is 11.7 Å². The average molecular weight is 293 g/mol. The summed E-state index contributed by atoms with van der Waals surface area (Å²) in [7, 11) is 0. The van der Waals surface area contributed by atoms with Crippen LogP contribution < -0.4 is 5.73 Å². The largest absolute Gasteiger partial charge is 0.506 e. The van der Waals surface area contributed by atoms with Gasteiger partial charge < -0.3 is 15.9 Å². The number of hydrogen-bond donors (Lipinski definition) is 3. The quantitative estimate of drug-likeness (QED) is 0.734. The molecule has 0 aliphatic heterocycles. The highest BCUT2D eigenvalue weighted by Gasteiger charge is 2.20. The van der Waals surface area contributed by atoms with E-state index in [9.17, 15) is 10.2 Å². The van der Waals surface area contributed by atoms with Crippen LogP contribution in [-0.2, 0) is 0 Å². The lowest BCUT2D eigenvalue weighted by atomic mass is 10.1. The summed E-state index contributed by atoms with van der Waals surface area (Å²) >= 11 is 17.1. The van der Waals surface area contributed by atoms with Crippen molar-refractivity contribution in [1.29, 1.82) is 0 Å². The second kappa shape index (κ2) is 5.99. The molecule has 86 valence electrons. The second-order valence-corrected chi connectivity index (χ2v) is 3.86. The summed E-state index contributed by atoms with van der Waals surface area (Å²) < 4.78 is 0. The van der Waals surface area contributed by atoms with Crippen molar-refractivity contribution in [3.63, 3.8) is 0 Å². The van der Waals surface area contributed by atoms with Crippen molar-refractivity contribution in [2.24, 2.45) is 5.73 Å². The van der Waals surface area contributed by atoms with Gasteiger partial charge in [0.15, 0.2) is 0 Å². The van der Waals surface area contributed by atoms with Gasteiger partial charge in [0.2, 0.25) is 0 Å². The Bertz CT molecular complexity index is 333. The maximum Gasteiger partial charge on any atom is 0.141 e. The number of benzene rings is 1. The fourth-order valence-corrected chi connectivity index (χ4v) is 1.77. The van der Waals surface area contributed by atoms with Crippen LogP contribution in [-0.4, -0.2) is 16.8 Å². The predicted octanol–water partition coefficient (Wildman–Crippen LogP) is 2.77. The molecule has 0 saturated heterocycles. The number of phenols is 1. The van der Waals surface area contributed by atoms with Crippen molar-refractivity contribution in [2.45, 2.75) is 6.10 Å². The van der Waals surface area contributed by atoms with E-state index in [1.165, 1.54) is 6.07 Å². The van der Waals surface area contributed by atoms with Crippen molar-refractivity contribution >= 4 is 47.2 Å². The highest BCUT2D eigenvalue weighted by molar-refractivity contribution is 6.44. The van der Waals surface area contributed by atoms with Gasteiger partial charge in [0, 0.05) is 12.1 Å². The number of halogens is 4. The molecule has 0 radical (unpaired) electrons. The number of aromatic hydroxyl groups is 1. The monoisotopic (exact) mass is 291 g/mol. The SMILES string of the molecule is Cl.NCC(O)c1c(O)c(Cl)cc(Cl)c1Cl. The Morgan fingerprint density at radius 2 is 1.80 bits per heavy atom. The maximum atomic E-state index is 9.51. The summed E-state index contributed by atoms with van der Waals surface area (Å²) in [6.45, 7) is -0.0794. The van der Waals surface area contributed by atoms with Gasteiger partial charge >= 0.3 is 0 Å². The van der Waals surface area contributed by atoms with Gasteiger partial charge in [-0.3, -0.25) is 0 Å². The van der Waals surface area contributed by atoms with Crippen LogP contribution >= 0.6 is 47.2 Å². The van der Waals surface area contributed by atoms with Gasteiger partial charge in [-0.25, -0.2) is 0 Å². The molecule has 3 nitrogen and oxygen atoms in total. The standard InChI is InChI=1S/C8H8Cl3NO2.ClH/c9-3-1-4(10)8(14)6(7(3)11)5(13)2-12;/h1,5,13-14H,2,12H2;1H. The molecule has 0 heterocycles. The molecule has 0 aliphatic carbocycles. The number of rotatable bonds is 2. The van der Waals surface area contributed by atoms with E-state index < -0.39 is 6.10 Å². The number of hydrogen-bond acceptors (Lipinski definition) is 3. The summed E-state index contributed by atoms with van der Waals surface area (Å²) in [5.41, 5.74) is 5.30. The van der Waals surface area contributed by atoms with E-state index in [0.717, 1.165) is 0 Å². The predicted molar refractivity (Wildman–Crippen MR) is 64.4 cm³/mol. The summed E-state index contributed by atoms with van der Waals surface area (Å²) in [5, 5.41) is 19.2. The van der Waals surface area contributed by atoms with Crippen LogP contribution in [0.3, 0.4) is 0 Å². The van der Waals surface area contributed by atoms with E-state index >= 15 is 0 Å². The van der Waals surface area contributed by atoms with Crippen LogP contribution in [0.2, 0.25) is 15.1 Å². The molecular formula is C8H9Cl4NO2. The molecule has 1 aromatic rings. The molecule has 7 heteroatoms. The minimum Gasteiger partial charge on any atom is -0.506 e. The Kier molecular flexibility index (Phi) is 6.03. The molecular weight excluding hydrogens is 284 g/mol. The third-order valence-corrected chi connectivity index (χ3v) is 2.83. The Morgan fingerprint density at radius 3 is 2.27 bits per heavy atom. The highest BCUT2D eigenvalue weighted by Crippen LogP contribution is 2.41. The van der Waals surface area contributed by atoms with Gasteiger partial charge in [-0.2, -0.15) is 0 Å². The van der Waals surface area contributed by atoms with Gasteiger partial charge in [0.1, 0.15) is 5.75 Å². The van der Waals surface area contributed by atoms with E-state index in [2.05, 4.69) is 0 Å². The first-order valence-electron chi connectivity index (χ1n) is 3.73. The van der Waals surface area contributed by atoms with E-state index in [1.54, 1.807) is 0 Å². The lowest BCUT2D eigenvalue weighted by molar-refractivity contribution is 0.183. The first kappa shape index (κ1) is 15.1. The molecule has 1 unspecified atom stereocenters. The normalized spacial score (nSPS) is 12.1. The van der Waals surface area contributed by atoms with Crippen LogP contribution in [0.4, 0.5) is 0 Å². The summed E-state index contributed by atoms with van der Waals surface area (Å²) in [6.07, 6.45) is -1.08. The van der Waals surface area contributed by atoms with E-state index in [-0.39, 0.29) is 45.3 Å². The lowest BCUT2D eigenvalue weighted by Gasteiger charge is -2.14. The zero-order chi connectivity index (χ0) is 10.9. The zero-order valence-corrected chi connectivity index (χ0v) is 10.5. The molecule has 1 atom stereocenters. The topological polar surface area (TPSA) is 66.5 Å². The van der Waals surface area contributed by atoms with E-state index in [4.69, 9.17) is 40.5 Å². The fourth-order valence-electron chi connectivity index (χ4n) is 1.03. The Balaban J connectivity index is 0.00000196. The molecule has 0 bridgehead atoms. The zero-order valence-electron chi connectivity index (χ0n) is 7.38. The number of aliphatic hydroxyl groups is 1. The third kappa shape index (κ3) is 3.03. The fraction of sp³-hybridized carbons (Fsp3) is 0.250. The van der Waals surface area contributed by atoms with Gasteiger partial charge in [-0.05, 0) is 6.07 Å². The van der Waals surface area contributed by atoms with Crippen LogP contribution in [0.5, 0.6) is 5.75 Å². The molecule has 0 saturated carbocycles. The van der Waals surface area contributed by atoms with Crippen molar-refractivity contribution in [3.05, 3.63) is 26.7 Å². The van der Waals surface area contributed by atoms with Crippen LogP contribution in [0.25, 0.3) is 0 Å². The molecule has 0 aliphatic rings. The van der Waals surface area contributed by atoms with Gasteiger partial charge in [0.05, 0.1) is 21.2 Å². The highest BCUT2D eigenvalue weighted by atomic mass is 35.5. The lowest BCUT2D eigenvalue weighted by Crippen LogP contribution is -2.12. The van der Waals surface area contributed by atoms with Gasteiger partial charge in [0.25, 0.3) is 0 Å². The van der Waals surface area contributed by atoms with E-state index in [0.29, 0.717) is 0 Å². The Labute approximate surface area is 108 Å². The minimum absolute atomic E-state index is 0. The minimum atomic E-state index is -1.08. The van der Waals surface area contributed by atoms with E-state index in [1.807, 2.05) is 0 Å².